The summed E-state index contributed by atoms with van der Waals surface area (Å²) in [5, 5.41) is 32.4. The number of methoxy groups -OCH3 is 1. The molecular weight excluding hydrogens is 307 g/mol. The molecule has 2 aromatic rings. The molecule has 122 valence electrons. The van der Waals surface area contributed by atoms with Crippen molar-refractivity contribution >= 4 is 11.4 Å². The van der Waals surface area contributed by atoms with Gasteiger partial charge in [-0.3, -0.25) is 10.1 Å². The van der Waals surface area contributed by atoms with Crippen LogP contribution in [0.4, 0.5) is 15.8 Å². The predicted molar refractivity (Wildman–Crippen MR) is 81.6 cm³/mol. The van der Waals surface area contributed by atoms with Gasteiger partial charge >= 0.3 is 5.69 Å². The first-order valence-corrected chi connectivity index (χ1v) is 6.69. The Morgan fingerprint density at radius 1 is 1.26 bits per heavy atom. The Morgan fingerprint density at radius 3 is 2.61 bits per heavy atom. The fourth-order valence-corrected chi connectivity index (χ4v) is 2.08. The number of nitro groups is 1. The topological polar surface area (TPSA) is 105 Å². The van der Waals surface area contributed by atoms with Crippen molar-refractivity contribution in [1.29, 1.82) is 0 Å². The molecule has 2 rings (SSSR count). The SMILES string of the molecule is COc1cc(F)c([N+](=O)[O-])c(NCCc2ccc(O)c(O)c2)c1. The summed E-state index contributed by atoms with van der Waals surface area (Å²) in [6, 6.07) is 6.63. The molecule has 0 aliphatic carbocycles. The number of halogens is 1. The van der Waals surface area contributed by atoms with Crippen LogP contribution in [0.1, 0.15) is 5.56 Å². The van der Waals surface area contributed by atoms with Crippen molar-refractivity contribution in [2.75, 3.05) is 19.0 Å². The summed E-state index contributed by atoms with van der Waals surface area (Å²) >= 11 is 0. The summed E-state index contributed by atoms with van der Waals surface area (Å²) in [6.45, 7) is 0.262. The van der Waals surface area contributed by atoms with Gasteiger partial charge in [0.2, 0.25) is 5.82 Å². The van der Waals surface area contributed by atoms with E-state index in [0.29, 0.717) is 12.0 Å². The van der Waals surface area contributed by atoms with E-state index in [2.05, 4.69) is 5.32 Å². The number of anilines is 1. The third-order valence-corrected chi connectivity index (χ3v) is 3.22. The number of ether oxygens (including phenoxy) is 1. The second kappa shape index (κ2) is 6.82. The molecule has 0 aliphatic rings. The first kappa shape index (κ1) is 16.3. The lowest BCUT2D eigenvalue weighted by atomic mass is 10.1. The summed E-state index contributed by atoms with van der Waals surface area (Å²) < 4.78 is 18.7. The first-order chi connectivity index (χ1) is 10.9. The van der Waals surface area contributed by atoms with E-state index >= 15 is 0 Å². The summed E-state index contributed by atoms with van der Waals surface area (Å²) in [6.07, 6.45) is 0.407. The highest BCUT2D eigenvalue weighted by Gasteiger charge is 2.21. The van der Waals surface area contributed by atoms with Crippen LogP contribution >= 0.6 is 0 Å². The van der Waals surface area contributed by atoms with E-state index < -0.39 is 16.4 Å². The molecule has 0 heterocycles. The smallest absolute Gasteiger partial charge is 0.327 e. The second-order valence-electron chi connectivity index (χ2n) is 4.76. The zero-order chi connectivity index (χ0) is 17.0. The van der Waals surface area contributed by atoms with Crippen LogP contribution in [0.15, 0.2) is 30.3 Å². The molecule has 7 nitrogen and oxygen atoms in total. The van der Waals surface area contributed by atoms with Gasteiger partial charge in [0.25, 0.3) is 0 Å². The molecule has 0 saturated carbocycles. The summed E-state index contributed by atoms with van der Waals surface area (Å²) in [5.74, 6) is -1.30. The Hall–Kier alpha value is -3.03. The number of hydrogen-bond donors (Lipinski definition) is 3. The number of nitrogens with one attached hydrogen (secondary N) is 1. The standard InChI is InChI=1S/C15H15FN2O5/c1-23-10-7-11(16)15(18(21)22)12(8-10)17-5-4-9-2-3-13(19)14(20)6-9/h2-3,6-8,17,19-20H,4-5H2,1H3. The third kappa shape index (κ3) is 3.79. The molecule has 0 amide bonds. The largest absolute Gasteiger partial charge is 0.504 e. The van der Waals surface area contributed by atoms with Crippen LogP contribution < -0.4 is 10.1 Å². The van der Waals surface area contributed by atoms with Crippen LogP contribution in [-0.4, -0.2) is 28.8 Å². The lowest BCUT2D eigenvalue weighted by molar-refractivity contribution is -0.386. The van der Waals surface area contributed by atoms with Gasteiger partial charge in [-0.05, 0) is 24.1 Å². The van der Waals surface area contributed by atoms with Gasteiger partial charge in [-0.2, -0.15) is 4.39 Å². The zero-order valence-electron chi connectivity index (χ0n) is 12.2. The highest BCUT2D eigenvalue weighted by Crippen LogP contribution is 2.32. The van der Waals surface area contributed by atoms with Crippen LogP contribution in [-0.2, 0) is 6.42 Å². The van der Waals surface area contributed by atoms with Crippen LogP contribution in [0.25, 0.3) is 0 Å². The molecule has 0 fully saturated rings. The van der Waals surface area contributed by atoms with Crippen molar-refractivity contribution in [3.05, 3.63) is 51.8 Å². The molecule has 0 aromatic heterocycles. The minimum Gasteiger partial charge on any atom is -0.504 e. The van der Waals surface area contributed by atoms with Gasteiger partial charge in [0, 0.05) is 18.7 Å². The number of phenolic OH excluding ortho intramolecular Hbond substituents is 2. The molecular formula is C15H15FN2O5. The van der Waals surface area contributed by atoms with E-state index in [1.807, 2.05) is 0 Å². The molecule has 0 aliphatic heterocycles. The summed E-state index contributed by atoms with van der Waals surface area (Å²) in [4.78, 5) is 10.2. The predicted octanol–water partition coefficient (Wildman–Crippen LogP) is 2.81. The number of aromatic hydroxyl groups is 2. The van der Waals surface area contributed by atoms with E-state index in [4.69, 9.17) is 4.74 Å². The molecule has 3 N–H and O–H groups in total. The number of hydrogen-bond acceptors (Lipinski definition) is 6. The lowest BCUT2D eigenvalue weighted by Gasteiger charge is -2.10. The van der Waals surface area contributed by atoms with Gasteiger partial charge in [0.05, 0.1) is 12.0 Å². The Balaban J connectivity index is 2.14. The molecule has 0 spiro atoms. The van der Waals surface area contributed by atoms with Gasteiger partial charge in [0.15, 0.2) is 11.5 Å². The van der Waals surface area contributed by atoms with E-state index in [1.165, 1.54) is 25.3 Å². The number of benzene rings is 2. The van der Waals surface area contributed by atoms with E-state index in [-0.39, 0.29) is 29.5 Å². The molecule has 8 heteroatoms. The first-order valence-electron chi connectivity index (χ1n) is 6.69. The van der Waals surface area contributed by atoms with E-state index in [9.17, 15) is 24.7 Å². The fraction of sp³-hybridized carbons (Fsp3) is 0.200. The van der Waals surface area contributed by atoms with Crippen LogP contribution in [0.3, 0.4) is 0 Å². The monoisotopic (exact) mass is 322 g/mol. The molecule has 23 heavy (non-hydrogen) atoms. The van der Waals surface area contributed by atoms with Gasteiger partial charge in [-0.1, -0.05) is 6.07 Å². The van der Waals surface area contributed by atoms with Crippen LogP contribution in [0, 0.1) is 15.9 Å². The molecule has 0 bridgehead atoms. The molecule has 0 saturated heterocycles. The maximum Gasteiger partial charge on any atom is 0.327 e. The van der Waals surface area contributed by atoms with Crippen LogP contribution in [0.5, 0.6) is 17.2 Å². The maximum atomic E-state index is 13.8. The molecule has 2 aromatic carbocycles. The zero-order valence-corrected chi connectivity index (χ0v) is 12.2. The van der Waals surface area contributed by atoms with Crippen molar-refractivity contribution < 1.29 is 24.3 Å². The van der Waals surface area contributed by atoms with Gasteiger partial charge < -0.3 is 20.3 Å². The number of rotatable bonds is 6. The van der Waals surface area contributed by atoms with Crippen molar-refractivity contribution in [2.24, 2.45) is 0 Å². The highest BCUT2D eigenvalue weighted by molar-refractivity contribution is 5.65. The second-order valence-corrected chi connectivity index (χ2v) is 4.76. The van der Waals surface area contributed by atoms with Gasteiger partial charge in [0.1, 0.15) is 11.4 Å². The van der Waals surface area contributed by atoms with E-state index in [1.54, 1.807) is 6.07 Å². The van der Waals surface area contributed by atoms with Gasteiger partial charge in [-0.25, -0.2) is 0 Å². The van der Waals surface area contributed by atoms with Crippen molar-refractivity contribution in [3.63, 3.8) is 0 Å². The highest BCUT2D eigenvalue weighted by atomic mass is 19.1. The third-order valence-electron chi connectivity index (χ3n) is 3.22. The Labute approximate surface area is 131 Å². The molecule has 0 atom stereocenters. The van der Waals surface area contributed by atoms with Gasteiger partial charge in [-0.15, -0.1) is 0 Å². The molecule has 0 unspecified atom stereocenters. The Morgan fingerprint density at radius 2 is 2.00 bits per heavy atom. The minimum absolute atomic E-state index is 0.00912. The maximum absolute atomic E-state index is 13.8. The number of nitro benzene ring substituents is 1. The average molecular weight is 322 g/mol. The van der Waals surface area contributed by atoms with Crippen molar-refractivity contribution in [1.82, 2.24) is 0 Å². The van der Waals surface area contributed by atoms with E-state index in [0.717, 1.165) is 6.07 Å². The fourth-order valence-electron chi connectivity index (χ4n) is 2.08. The lowest BCUT2D eigenvalue weighted by Crippen LogP contribution is -2.08. The number of nitrogens with zero attached hydrogens (tertiary/aromatic N) is 1. The number of phenols is 2. The molecule has 0 radical (unpaired) electrons. The quantitative estimate of drug-likeness (QED) is 0.429. The normalized spacial score (nSPS) is 10.3. The minimum atomic E-state index is -0.987. The van der Waals surface area contributed by atoms with Crippen molar-refractivity contribution in [2.45, 2.75) is 6.42 Å². The average Bonchev–Trinajstić information content (AvgIpc) is 2.49. The van der Waals surface area contributed by atoms with Crippen LogP contribution in [0.2, 0.25) is 0 Å². The summed E-state index contributed by atoms with van der Waals surface area (Å²) in [5.41, 5.74) is 0.0630. The Bertz CT molecular complexity index is 736. The summed E-state index contributed by atoms with van der Waals surface area (Å²) in [7, 11) is 1.34. The van der Waals surface area contributed by atoms with Crippen molar-refractivity contribution in [3.8, 4) is 17.2 Å². The Kier molecular flexibility index (Phi) is 4.85.